The molecular weight excluding hydrogens is 647 g/mol. The minimum absolute atomic E-state index is 0.0250. The first-order chi connectivity index (χ1) is 23.0. The fourth-order valence-electron chi connectivity index (χ4n) is 7.43. The number of rotatable bonds is 9. The predicted molar refractivity (Wildman–Crippen MR) is 193 cm³/mol. The molecule has 0 radical (unpaired) electrons. The summed E-state index contributed by atoms with van der Waals surface area (Å²) in [6.07, 6.45) is 9.06. The van der Waals surface area contributed by atoms with Crippen LogP contribution in [0.15, 0.2) is 59.5 Å². The predicted octanol–water partition coefficient (Wildman–Crippen LogP) is 5.15. The van der Waals surface area contributed by atoms with E-state index in [-0.39, 0.29) is 30.0 Å². The topological polar surface area (TPSA) is 93.7 Å². The molecule has 3 fully saturated rings. The molecule has 2 heterocycles. The van der Waals surface area contributed by atoms with Crippen LogP contribution in [0.3, 0.4) is 0 Å². The SMILES string of the molecule is C[C@H]1CN(S(=O)(=O)c2ccc(N(C)C)cc2)CCCN(CC2CCCCC2)CCCN(S(=O)(=O)N2CCC(Oc3ccccc3)CC2)C1. The Morgan fingerprint density at radius 3 is 1.92 bits per heavy atom. The minimum Gasteiger partial charge on any atom is -0.490 e. The quantitative estimate of drug-likeness (QED) is 0.357. The molecule has 12 heteroatoms. The van der Waals surface area contributed by atoms with Crippen LogP contribution in [0.25, 0.3) is 0 Å². The van der Waals surface area contributed by atoms with Crippen LogP contribution >= 0.6 is 0 Å². The number of para-hydroxylation sites is 1. The van der Waals surface area contributed by atoms with Crippen molar-refractivity contribution in [3.8, 4) is 5.75 Å². The number of hydrogen-bond donors (Lipinski definition) is 0. The fraction of sp³-hybridized carbons (Fsp3) is 0.667. The van der Waals surface area contributed by atoms with Crippen LogP contribution in [-0.4, -0.2) is 114 Å². The Hall–Kier alpha value is -2.22. The summed E-state index contributed by atoms with van der Waals surface area (Å²) in [7, 11) is -3.65. The van der Waals surface area contributed by atoms with Gasteiger partial charge in [-0.1, -0.05) is 44.4 Å². The van der Waals surface area contributed by atoms with Crippen molar-refractivity contribution in [3.63, 3.8) is 0 Å². The van der Waals surface area contributed by atoms with Crippen molar-refractivity contribution in [1.82, 2.24) is 17.8 Å². The lowest BCUT2D eigenvalue weighted by Crippen LogP contribution is -2.51. The van der Waals surface area contributed by atoms with E-state index in [1.807, 2.05) is 68.4 Å². The second kappa shape index (κ2) is 17.1. The summed E-state index contributed by atoms with van der Waals surface area (Å²) >= 11 is 0. The molecule has 1 aliphatic carbocycles. The maximum Gasteiger partial charge on any atom is 0.281 e. The fourth-order valence-corrected chi connectivity index (χ4v) is 10.8. The normalized spacial score (nSPS) is 23.3. The lowest BCUT2D eigenvalue weighted by molar-refractivity contribution is 0.130. The maximum atomic E-state index is 14.2. The monoisotopic (exact) mass is 703 g/mol. The number of ether oxygens (including phenoxy) is 1. The number of benzene rings is 2. The Morgan fingerprint density at radius 2 is 1.29 bits per heavy atom. The smallest absolute Gasteiger partial charge is 0.281 e. The van der Waals surface area contributed by atoms with E-state index in [2.05, 4.69) is 4.90 Å². The van der Waals surface area contributed by atoms with Crippen LogP contribution in [0.2, 0.25) is 0 Å². The van der Waals surface area contributed by atoms with Crippen molar-refractivity contribution >= 4 is 25.9 Å². The molecule has 2 aromatic carbocycles. The zero-order chi connectivity index (χ0) is 34.1. The Morgan fingerprint density at radius 1 is 0.688 bits per heavy atom. The van der Waals surface area contributed by atoms with Gasteiger partial charge < -0.3 is 14.5 Å². The van der Waals surface area contributed by atoms with Crippen molar-refractivity contribution in [3.05, 3.63) is 54.6 Å². The molecule has 48 heavy (non-hydrogen) atoms. The summed E-state index contributed by atoms with van der Waals surface area (Å²) < 4.78 is 67.5. The molecule has 0 aromatic heterocycles. The van der Waals surface area contributed by atoms with Crippen molar-refractivity contribution in [2.45, 2.75) is 75.7 Å². The van der Waals surface area contributed by atoms with Gasteiger partial charge in [0, 0.05) is 65.6 Å². The van der Waals surface area contributed by atoms with Crippen LogP contribution in [0.5, 0.6) is 5.75 Å². The molecule has 2 aromatic rings. The van der Waals surface area contributed by atoms with Gasteiger partial charge in [-0.3, -0.25) is 0 Å². The standard InChI is InChI=1S/C36H57N5O5S2/c1-31-28-40(47(42,43)36-18-16-33(17-19-36)37(2)3)24-10-22-38(30-32-12-6-4-7-13-32)23-11-25-41(29-31)48(44,45)39-26-20-35(21-27-39)46-34-14-8-5-9-15-34/h5,8-9,14-19,31-32,35H,4,6-7,10-13,20-30H2,1-3H3/t31-/m0/s1. The highest BCUT2D eigenvalue weighted by molar-refractivity contribution is 7.89. The first kappa shape index (κ1) is 37.0. The molecule has 0 N–H and O–H groups in total. The second-order valence-corrected chi connectivity index (χ2v) is 18.1. The first-order valence-electron chi connectivity index (χ1n) is 18.0. The van der Waals surface area contributed by atoms with Crippen molar-refractivity contribution < 1.29 is 21.6 Å². The molecule has 2 aliphatic heterocycles. The summed E-state index contributed by atoms with van der Waals surface area (Å²) in [4.78, 5) is 4.69. The Balaban J connectivity index is 1.32. The highest BCUT2D eigenvalue weighted by Gasteiger charge is 2.36. The van der Waals surface area contributed by atoms with Crippen LogP contribution < -0.4 is 9.64 Å². The molecule has 1 saturated carbocycles. The highest BCUT2D eigenvalue weighted by atomic mass is 32.2. The van der Waals surface area contributed by atoms with Crippen LogP contribution in [0.1, 0.15) is 64.7 Å². The van der Waals surface area contributed by atoms with Gasteiger partial charge in [0.1, 0.15) is 11.9 Å². The molecule has 3 aliphatic rings. The lowest BCUT2D eigenvalue weighted by Gasteiger charge is -2.37. The van der Waals surface area contributed by atoms with E-state index in [4.69, 9.17) is 4.74 Å². The van der Waals surface area contributed by atoms with Gasteiger partial charge in [0.25, 0.3) is 10.2 Å². The zero-order valence-electron chi connectivity index (χ0n) is 29.2. The van der Waals surface area contributed by atoms with E-state index < -0.39 is 20.2 Å². The Labute approximate surface area is 290 Å². The van der Waals surface area contributed by atoms with E-state index in [1.54, 1.807) is 25.0 Å². The minimum atomic E-state index is -3.77. The Bertz CT molecular complexity index is 1480. The molecule has 0 amide bonds. The maximum absolute atomic E-state index is 14.2. The summed E-state index contributed by atoms with van der Waals surface area (Å²) in [5.74, 6) is 1.27. The second-order valence-electron chi connectivity index (χ2n) is 14.3. The van der Waals surface area contributed by atoms with E-state index in [9.17, 15) is 16.8 Å². The van der Waals surface area contributed by atoms with Crippen molar-refractivity contribution in [2.24, 2.45) is 11.8 Å². The lowest BCUT2D eigenvalue weighted by atomic mass is 9.89. The van der Waals surface area contributed by atoms with Gasteiger partial charge in [0.15, 0.2) is 0 Å². The van der Waals surface area contributed by atoms with Gasteiger partial charge in [0.2, 0.25) is 10.0 Å². The number of nitrogens with zero attached hydrogens (tertiary/aromatic N) is 5. The third-order valence-corrected chi connectivity index (χ3v) is 14.0. The molecule has 0 unspecified atom stereocenters. The molecule has 10 nitrogen and oxygen atoms in total. The van der Waals surface area contributed by atoms with Gasteiger partial charge in [0.05, 0.1) is 4.90 Å². The third kappa shape index (κ3) is 9.94. The van der Waals surface area contributed by atoms with E-state index in [0.29, 0.717) is 44.9 Å². The van der Waals surface area contributed by atoms with Crippen LogP contribution in [0, 0.1) is 11.8 Å². The average Bonchev–Trinajstić information content (AvgIpc) is 3.07. The summed E-state index contributed by atoms with van der Waals surface area (Å²) in [5, 5.41) is 0. The number of anilines is 1. The van der Waals surface area contributed by atoms with Gasteiger partial charge in [-0.2, -0.15) is 21.3 Å². The molecule has 2 saturated heterocycles. The third-order valence-electron chi connectivity index (χ3n) is 10.1. The molecule has 5 rings (SSSR count). The van der Waals surface area contributed by atoms with E-state index in [1.165, 1.54) is 32.1 Å². The number of hydrogen-bond acceptors (Lipinski definition) is 7. The largest absolute Gasteiger partial charge is 0.490 e. The van der Waals surface area contributed by atoms with Crippen molar-refractivity contribution in [1.29, 1.82) is 0 Å². The Kier molecular flexibility index (Phi) is 13.2. The first-order valence-corrected chi connectivity index (χ1v) is 20.8. The van der Waals surface area contributed by atoms with Crippen LogP contribution in [-0.2, 0) is 20.2 Å². The summed E-state index contributed by atoms with van der Waals surface area (Å²) in [6, 6.07) is 16.7. The van der Waals surface area contributed by atoms with Gasteiger partial charge >= 0.3 is 0 Å². The number of piperidine rings is 1. The molecular formula is C36H57N5O5S2. The van der Waals surface area contributed by atoms with E-state index in [0.717, 1.165) is 43.9 Å². The summed E-state index contributed by atoms with van der Waals surface area (Å²) in [5.41, 5.74) is 0.936. The number of sulfonamides is 1. The van der Waals surface area contributed by atoms with Crippen LogP contribution in [0.4, 0.5) is 5.69 Å². The van der Waals surface area contributed by atoms with Gasteiger partial charge in [-0.25, -0.2) is 8.42 Å². The highest BCUT2D eigenvalue weighted by Crippen LogP contribution is 2.27. The van der Waals surface area contributed by atoms with E-state index >= 15 is 0 Å². The zero-order valence-corrected chi connectivity index (χ0v) is 30.9. The molecule has 0 bridgehead atoms. The summed E-state index contributed by atoms with van der Waals surface area (Å²) in [6.45, 7) is 6.76. The van der Waals surface area contributed by atoms with Crippen molar-refractivity contribution in [2.75, 3.05) is 77.9 Å². The molecule has 268 valence electrons. The average molecular weight is 704 g/mol. The molecule has 0 spiro atoms. The molecule has 1 atom stereocenters. The van der Waals surface area contributed by atoms with Gasteiger partial charge in [-0.15, -0.1) is 0 Å². The van der Waals surface area contributed by atoms with Gasteiger partial charge in [-0.05, 0) is 99.8 Å².